The lowest BCUT2D eigenvalue weighted by atomic mass is 10.1. The van der Waals surface area contributed by atoms with Gasteiger partial charge in [0, 0.05) is 11.8 Å². The van der Waals surface area contributed by atoms with Crippen molar-refractivity contribution in [1.82, 2.24) is 0 Å². The van der Waals surface area contributed by atoms with Gasteiger partial charge in [-0.3, -0.25) is 0 Å². The van der Waals surface area contributed by atoms with E-state index in [9.17, 15) is 17.4 Å². The first-order chi connectivity index (χ1) is 8.23. The molecule has 0 spiro atoms. The third kappa shape index (κ3) is 3.66. The highest BCUT2D eigenvalue weighted by molar-refractivity contribution is 7.85. The van der Waals surface area contributed by atoms with Crippen LogP contribution in [0.2, 0.25) is 0 Å². The van der Waals surface area contributed by atoms with Crippen LogP contribution in [0, 0.1) is 5.82 Å². The molecule has 1 aromatic carbocycles. The van der Waals surface area contributed by atoms with E-state index in [1.165, 1.54) is 12.1 Å². The maximum absolute atomic E-state index is 13.6. The zero-order valence-corrected chi connectivity index (χ0v) is 11.1. The van der Waals surface area contributed by atoms with Crippen LogP contribution in [0.15, 0.2) is 22.6 Å². The average Bonchev–Trinajstić information content (AvgIpc) is 2.25. The van der Waals surface area contributed by atoms with Gasteiger partial charge in [-0.15, -0.1) is 0 Å². The number of nitrogens with zero attached hydrogens (tertiary/aromatic N) is 1. The van der Waals surface area contributed by atoms with Gasteiger partial charge in [-0.2, -0.15) is 4.40 Å². The molecule has 0 aliphatic carbocycles. The van der Waals surface area contributed by atoms with E-state index < -0.39 is 33.5 Å². The Morgan fingerprint density at radius 3 is 2.44 bits per heavy atom. The number of halogens is 3. The van der Waals surface area contributed by atoms with Crippen LogP contribution in [0.1, 0.15) is 38.3 Å². The molecular formula is C12H14F3NOS. The van der Waals surface area contributed by atoms with Crippen LogP contribution in [0.25, 0.3) is 0 Å². The minimum atomic E-state index is -2.88. The zero-order chi connectivity index (χ0) is 13.9. The lowest BCUT2D eigenvalue weighted by molar-refractivity contribution is 0.146. The fourth-order valence-electron chi connectivity index (χ4n) is 1.10. The van der Waals surface area contributed by atoms with Gasteiger partial charge in [0.1, 0.15) is 16.8 Å². The van der Waals surface area contributed by atoms with Crippen LogP contribution in [-0.2, 0) is 11.0 Å². The van der Waals surface area contributed by atoms with Gasteiger partial charge >= 0.3 is 0 Å². The highest BCUT2D eigenvalue weighted by Crippen LogP contribution is 2.23. The van der Waals surface area contributed by atoms with Crippen LogP contribution in [0.4, 0.5) is 13.2 Å². The normalized spacial score (nSPS) is 14.4. The van der Waals surface area contributed by atoms with Gasteiger partial charge in [0.25, 0.3) is 6.43 Å². The number of benzene rings is 1. The third-order valence-electron chi connectivity index (χ3n) is 2.10. The van der Waals surface area contributed by atoms with E-state index in [1.54, 1.807) is 20.8 Å². The molecule has 0 heterocycles. The highest BCUT2D eigenvalue weighted by atomic mass is 32.2. The second-order valence-corrected chi connectivity index (χ2v) is 6.58. The average molecular weight is 277 g/mol. The van der Waals surface area contributed by atoms with Gasteiger partial charge in [-0.05, 0) is 20.8 Å². The SMILES string of the molecule is CC(C)(C)[S@](=O)/N=C/c1cccc(C(F)F)c1F. The minimum Gasteiger partial charge on any atom is -0.234 e. The van der Waals surface area contributed by atoms with Crippen molar-refractivity contribution >= 4 is 17.2 Å². The van der Waals surface area contributed by atoms with Crippen LogP contribution in [0.5, 0.6) is 0 Å². The molecule has 0 fully saturated rings. The summed E-state index contributed by atoms with van der Waals surface area (Å²) in [6.07, 6.45) is -1.85. The first-order valence-corrected chi connectivity index (χ1v) is 6.37. The predicted octanol–water partition coefficient (Wildman–Crippen LogP) is 3.64. The molecule has 18 heavy (non-hydrogen) atoms. The van der Waals surface area contributed by atoms with Crippen LogP contribution < -0.4 is 0 Å². The Hall–Kier alpha value is -1.17. The van der Waals surface area contributed by atoms with Crippen LogP contribution >= 0.6 is 0 Å². The third-order valence-corrected chi connectivity index (χ3v) is 3.45. The minimum absolute atomic E-state index is 0.0922. The van der Waals surface area contributed by atoms with Crippen molar-refractivity contribution in [3.63, 3.8) is 0 Å². The van der Waals surface area contributed by atoms with Crippen molar-refractivity contribution in [3.8, 4) is 0 Å². The van der Waals surface area contributed by atoms with E-state index in [2.05, 4.69) is 4.40 Å². The summed E-state index contributed by atoms with van der Waals surface area (Å²) in [5.41, 5.74) is -0.772. The lowest BCUT2D eigenvalue weighted by Crippen LogP contribution is -2.19. The molecule has 2 nitrogen and oxygen atoms in total. The molecule has 6 heteroatoms. The van der Waals surface area contributed by atoms with E-state index in [0.717, 1.165) is 12.3 Å². The molecule has 0 radical (unpaired) electrons. The first kappa shape index (κ1) is 14.9. The fourth-order valence-corrected chi connectivity index (χ4v) is 1.62. The Balaban J connectivity index is 3.03. The molecule has 0 amide bonds. The Bertz CT molecular complexity index is 481. The van der Waals surface area contributed by atoms with Gasteiger partial charge in [-0.1, -0.05) is 18.2 Å². The van der Waals surface area contributed by atoms with E-state index in [1.807, 2.05) is 0 Å². The van der Waals surface area contributed by atoms with Gasteiger partial charge < -0.3 is 0 Å². The zero-order valence-electron chi connectivity index (χ0n) is 10.3. The summed E-state index contributed by atoms with van der Waals surface area (Å²) in [6, 6.07) is 3.63. The highest BCUT2D eigenvalue weighted by Gasteiger charge is 2.19. The summed E-state index contributed by atoms with van der Waals surface area (Å²) >= 11 is 0. The molecule has 0 bridgehead atoms. The van der Waals surface area contributed by atoms with Gasteiger partial charge in [-0.25, -0.2) is 17.4 Å². The van der Waals surface area contributed by atoms with Gasteiger partial charge in [0.2, 0.25) is 0 Å². The first-order valence-electron chi connectivity index (χ1n) is 5.26. The quantitative estimate of drug-likeness (QED) is 0.775. The number of rotatable bonds is 3. The Labute approximate surface area is 107 Å². The van der Waals surface area contributed by atoms with E-state index in [0.29, 0.717) is 0 Å². The number of alkyl halides is 2. The number of hydrogen-bond acceptors (Lipinski definition) is 1. The van der Waals surface area contributed by atoms with Crippen molar-refractivity contribution in [1.29, 1.82) is 0 Å². The second kappa shape index (κ2) is 5.65. The van der Waals surface area contributed by atoms with Gasteiger partial charge in [0.05, 0.1) is 10.3 Å². The van der Waals surface area contributed by atoms with Crippen LogP contribution in [-0.4, -0.2) is 15.2 Å². The topological polar surface area (TPSA) is 29.4 Å². The second-order valence-electron chi connectivity index (χ2n) is 4.65. The lowest BCUT2D eigenvalue weighted by Gasteiger charge is -2.12. The van der Waals surface area contributed by atoms with Crippen molar-refractivity contribution in [2.75, 3.05) is 0 Å². The molecule has 0 N–H and O–H groups in total. The Morgan fingerprint density at radius 2 is 1.94 bits per heavy atom. The molecule has 0 saturated heterocycles. The molecule has 0 aromatic heterocycles. The summed E-state index contributed by atoms with van der Waals surface area (Å²) in [7, 11) is -1.55. The standard InChI is InChI=1S/C12H14F3NOS/c1-12(2,3)18(17)16-7-8-5-4-6-9(10(8)13)11(14)15/h4-7,11H,1-3H3/b16-7+/t18-/m0/s1. The predicted molar refractivity (Wildman–Crippen MR) is 66.8 cm³/mol. The number of hydrogen-bond donors (Lipinski definition) is 0. The largest absolute Gasteiger partial charge is 0.266 e. The molecule has 0 saturated carbocycles. The molecule has 1 atom stereocenters. The molecule has 0 aliphatic rings. The maximum Gasteiger partial charge on any atom is 0.266 e. The van der Waals surface area contributed by atoms with E-state index in [-0.39, 0.29) is 5.56 Å². The Kier molecular flexibility index (Phi) is 4.67. The van der Waals surface area contributed by atoms with Crippen molar-refractivity contribution in [2.24, 2.45) is 4.40 Å². The summed E-state index contributed by atoms with van der Waals surface area (Å²) in [5, 5.41) is 0. The molecule has 0 aliphatic heterocycles. The summed E-state index contributed by atoms with van der Waals surface area (Å²) in [6.45, 7) is 5.14. The van der Waals surface area contributed by atoms with Crippen molar-refractivity contribution in [2.45, 2.75) is 31.9 Å². The summed E-state index contributed by atoms with van der Waals surface area (Å²) in [5.74, 6) is -1.03. The summed E-state index contributed by atoms with van der Waals surface area (Å²) < 4.78 is 53.2. The summed E-state index contributed by atoms with van der Waals surface area (Å²) in [4.78, 5) is 0. The van der Waals surface area contributed by atoms with Crippen molar-refractivity contribution in [3.05, 3.63) is 35.1 Å². The fraction of sp³-hybridized carbons (Fsp3) is 0.417. The molecular weight excluding hydrogens is 263 g/mol. The monoisotopic (exact) mass is 277 g/mol. The van der Waals surface area contributed by atoms with E-state index >= 15 is 0 Å². The van der Waals surface area contributed by atoms with Crippen molar-refractivity contribution < 1.29 is 17.4 Å². The molecule has 0 unspecified atom stereocenters. The molecule has 100 valence electrons. The van der Waals surface area contributed by atoms with Gasteiger partial charge in [0.15, 0.2) is 0 Å². The molecule has 1 rings (SSSR count). The van der Waals surface area contributed by atoms with E-state index in [4.69, 9.17) is 0 Å². The van der Waals surface area contributed by atoms with Crippen LogP contribution in [0.3, 0.4) is 0 Å². The smallest absolute Gasteiger partial charge is 0.234 e. The Morgan fingerprint density at radius 1 is 1.33 bits per heavy atom. The maximum atomic E-state index is 13.6. The molecule has 1 aromatic rings.